The quantitative estimate of drug-likeness (QED) is 0.336. The van der Waals surface area contributed by atoms with Gasteiger partial charge in [0.15, 0.2) is 5.82 Å². The topological polar surface area (TPSA) is 108 Å². The highest BCUT2D eigenvalue weighted by atomic mass is 19.1. The van der Waals surface area contributed by atoms with Gasteiger partial charge in [-0.1, -0.05) is 18.7 Å². The van der Waals surface area contributed by atoms with Crippen LogP contribution in [-0.4, -0.2) is 16.1 Å². The summed E-state index contributed by atoms with van der Waals surface area (Å²) in [5, 5.41) is 18.0. The molecule has 0 aliphatic heterocycles. The van der Waals surface area contributed by atoms with Crippen molar-refractivity contribution >= 4 is 17.4 Å². The number of nitriles is 1. The number of carbonyl (C=O) groups is 1. The predicted octanol–water partition coefficient (Wildman–Crippen LogP) is 3.32. The first-order valence-electron chi connectivity index (χ1n) is 7.30. The Labute approximate surface area is 144 Å². The number of nitrogens with zero attached hydrogens (tertiary/aromatic N) is 2. The molecule has 0 bridgehead atoms. The lowest BCUT2D eigenvalue weighted by molar-refractivity contribution is -0.112. The van der Waals surface area contributed by atoms with Crippen molar-refractivity contribution in [3.8, 4) is 17.3 Å². The maximum atomic E-state index is 13.5. The predicted molar refractivity (Wildman–Crippen MR) is 94.7 cm³/mol. The summed E-state index contributed by atoms with van der Waals surface area (Å²) in [6, 6.07) is 7.89. The molecule has 0 spiro atoms. The molecule has 25 heavy (non-hydrogen) atoms. The number of benzene rings is 1. The first-order valence-corrected chi connectivity index (χ1v) is 7.30. The summed E-state index contributed by atoms with van der Waals surface area (Å²) >= 11 is 0. The van der Waals surface area contributed by atoms with Crippen LogP contribution in [0.3, 0.4) is 0 Å². The molecule has 0 radical (unpaired) electrons. The fraction of sp³-hybridized carbons (Fsp3) is 0.0556. The largest absolute Gasteiger partial charge is 0.396 e. The minimum atomic E-state index is -0.534. The molecule has 0 unspecified atom stereocenters. The van der Waals surface area contributed by atoms with Crippen LogP contribution in [0.15, 0.2) is 60.2 Å². The smallest absolute Gasteiger partial charge is 0.256 e. The van der Waals surface area contributed by atoms with Gasteiger partial charge in [-0.3, -0.25) is 9.89 Å². The summed E-state index contributed by atoms with van der Waals surface area (Å²) < 4.78 is 13.5. The molecule has 0 saturated carbocycles. The Hall–Kier alpha value is -3.66. The van der Waals surface area contributed by atoms with Crippen LogP contribution in [-0.2, 0) is 4.79 Å². The Morgan fingerprint density at radius 2 is 2.20 bits per heavy atom. The second-order valence-corrected chi connectivity index (χ2v) is 5.07. The SMILES string of the molecule is C=C(/C=C\C(C#N)=C/C)C(=O)Nc1cc(-c2ccc(N)c(F)c2)[nH]n1. The number of aromatic nitrogens is 2. The van der Waals surface area contributed by atoms with E-state index in [1.807, 2.05) is 6.07 Å². The Morgan fingerprint density at radius 1 is 1.44 bits per heavy atom. The lowest BCUT2D eigenvalue weighted by atomic mass is 10.1. The first-order chi connectivity index (χ1) is 11.9. The minimum absolute atomic E-state index is 0.0535. The number of anilines is 2. The summed E-state index contributed by atoms with van der Waals surface area (Å²) in [4.78, 5) is 12.1. The summed E-state index contributed by atoms with van der Waals surface area (Å²) in [6.07, 6.45) is 4.55. The molecule has 1 amide bonds. The van der Waals surface area contributed by atoms with Gasteiger partial charge in [0.2, 0.25) is 0 Å². The van der Waals surface area contributed by atoms with E-state index >= 15 is 0 Å². The summed E-state index contributed by atoms with van der Waals surface area (Å²) in [6.45, 7) is 5.36. The molecule has 2 aromatic rings. The van der Waals surface area contributed by atoms with Crippen LogP contribution < -0.4 is 11.1 Å². The third kappa shape index (κ3) is 4.42. The molecule has 6 nitrogen and oxygen atoms in total. The van der Waals surface area contributed by atoms with E-state index < -0.39 is 11.7 Å². The van der Waals surface area contributed by atoms with Crippen LogP contribution in [0.1, 0.15) is 6.92 Å². The third-order valence-electron chi connectivity index (χ3n) is 3.33. The maximum Gasteiger partial charge on any atom is 0.256 e. The third-order valence-corrected chi connectivity index (χ3v) is 3.33. The average Bonchev–Trinajstić information content (AvgIpc) is 3.06. The van der Waals surface area contributed by atoms with E-state index in [0.29, 0.717) is 16.8 Å². The van der Waals surface area contributed by atoms with Gasteiger partial charge in [0.1, 0.15) is 5.82 Å². The second kappa shape index (κ2) is 7.75. The van der Waals surface area contributed by atoms with Crippen LogP contribution in [0.4, 0.5) is 15.9 Å². The summed E-state index contributed by atoms with van der Waals surface area (Å²) in [5.41, 5.74) is 7.15. The van der Waals surface area contributed by atoms with Crippen LogP contribution in [0.25, 0.3) is 11.3 Å². The van der Waals surface area contributed by atoms with Gasteiger partial charge in [0.05, 0.1) is 17.5 Å². The average molecular weight is 337 g/mol. The molecule has 0 atom stereocenters. The number of carbonyl (C=O) groups excluding carboxylic acids is 1. The van der Waals surface area contributed by atoms with Crippen molar-refractivity contribution in [3.63, 3.8) is 0 Å². The first kappa shape index (κ1) is 17.7. The number of rotatable bonds is 5. The van der Waals surface area contributed by atoms with Gasteiger partial charge < -0.3 is 11.1 Å². The number of hydrogen-bond donors (Lipinski definition) is 3. The monoisotopic (exact) mass is 337 g/mol. The lowest BCUT2D eigenvalue weighted by Crippen LogP contribution is -2.12. The number of hydrogen-bond acceptors (Lipinski definition) is 4. The highest BCUT2D eigenvalue weighted by molar-refractivity contribution is 6.05. The molecule has 0 aliphatic rings. The normalized spacial score (nSPS) is 11.3. The molecule has 1 aromatic heterocycles. The molecule has 4 N–H and O–H groups in total. The van der Waals surface area contributed by atoms with Gasteiger partial charge in [-0.15, -0.1) is 0 Å². The van der Waals surface area contributed by atoms with E-state index in [1.54, 1.807) is 25.1 Å². The van der Waals surface area contributed by atoms with Crippen molar-refractivity contribution in [2.75, 3.05) is 11.1 Å². The molecule has 2 rings (SSSR count). The van der Waals surface area contributed by atoms with E-state index in [1.165, 1.54) is 24.3 Å². The van der Waals surface area contributed by atoms with E-state index in [4.69, 9.17) is 11.0 Å². The van der Waals surface area contributed by atoms with Crippen molar-refractivity contribution in [2.45, 2.75) is 6.92 Å². The zero-order chi connectivity index (χ0) is 18.4. The molecular weight excluding hydrogens is 321 g/mol. The van der Waals surface area contributed by atoms with E-state index in [9.17, 15) is 9.18 Å². The van der Waals surface area contributed by atoms with E-state index in [-0.39, 0.29) is 17.1 Å². The zero-order valence-corrected chi connectivity index (χ0v) is 13.5. The minimum Gasteiger partial charge on any atom is -0.396 e. The molecule has 1 heterocycles. The Balaban J connectivity index is 2.08. The van der Waals surface area contributed by atoms with Gasteiger partial charge in [0, 0.05) is 22.8 Å². The van der Waals surface area contributed by atoms with Crippen molar-refractivity contribution in [2.24, 2.45) is 0 Å². The number of allylic oxidation sites excluding steroid dienone is 3. The number of nitrogens with one attached hydrogen (secondary N) is 2. The lowest BCUT2D eigenvalue weighted by Gasteiger charge is -2.01. The Bertz CT molecular complexity index is 918. The van der Waals surface area contributed by atoms with Gasteiger partial charge in [-0.05, 0) is 31.2 Å². The molecule has 1 aromatic carbocycles. The van der Waals surface area contributed by atoms with Crippen molar-refractivity contribution < 1.29 is 9.18 Å². The zero-order valence-electron chi connectivity index (χ0n) is 13.5. The number of amides is 1. The van der Waals surface area contributed by atoms with Crippen LogP contribution >= 0.6 is 0 Å². The van der Waals surface area contributed by atoms with E-state index in [2.05, 4.69) is 22.1 Å². The number of nitrogens with two attached hydrogens (primary N) is 1. The molecule has 0 saturated heterocycles. The fourth-order valence-corrected chi connectivity index (χ4v) is 1.89. The number of halogens is 1. The fourth-order valence-electron chi connectivity index (χ4n) is 1.89. The molecule has 126 valence electrons. The Kier molecular flexibility index (Phi) is 5.48. The molecular formula is C18H16FN5O. The van der Waals surface area contributed by atoms with Gasteiger partial charge in [-0.2, -0.15) is 10.4 Å². The molecule has 7 heteroatoms. The van der Waals surface area contributed by atoms with Gasteiger partial charge in [0.25, 0.3) is 5.91 Å². The second-order valence-electron chi connectivity index (χ2n) is 5.07. The van der Waals surface area contributed by atoms with Crippen molar-refractivity contribution in [3.05, 3.63) is 66.0 Å². The number of nitrogen functional groups attached to an aromatic ring is 1. The standard InChI is InChI=1S/C18H16FN5O/c1-3-12(10-20)5-4-11(2)18(25)22-17-9-16(23-24-17)13-6-7-15(21)14(19)8-13/h3-9H,2,21H2,1H3,(H2,22,23,24,25)/b5-4-,12-3+. The highest BCUT2D eigenvalue weighted by Gasteiger charge is 2.10. The van der Waals surface area contributed by atoms with Crippen LogP contribution in [0, 0.1) is 17.1 Å². The summed E-state index contributed by atoms with van der Waals surface area (Å²) in [7, 11) is 0. The van der Waals surface area contributed by atoms with E-state index in [0.717, 1.165) is 0 Å². The molecule has 0 aliphatic carbocycles. The Morgan fingerprint density at radius 3 is 2.84 bits per heavy atom. The van der Waals surface area contributed by atoms with Crippen molar-refractivity contribution in [1.82, 2.24) is 10.2 Å². The maximum absolute atomic E-state index is 13.5. The van der Waals surface area contributed by atoms with Crippen molar-refractivity contribution in [1.29, 1.82) is 5.26 Å². The van der Waals surface area contributed by atoms with Crippen LogP contribution in [0.2, 0.25) is 0 Å². The number of H-pyrrole nitrogens is 1. The van der Waals surface area contributed by atoms with Gasteiger partial charge in [-0.25, -0.2) is 4.39 Å². The molecule has 0 fully saturated rings. The highest BCUT2D eigenvalue weighted by Crippen LogP contribution is 2.23. The van der Waals surface area contributed by atoms with Crippen LogP contribution in [0.5, 0.6) is 0 Å². The summed E-state index contributed by atoms with van der Waals surface area (Å²) in [5.74, 6) is -0.738. The van der Waals surface area contributed by atoms with Gasteiger partial charge >= 0.3 is 0 Å². The number of aromatic amines is 1.